The van der Waals surface area contributed by atoms with Crippen LogP contribution in [-0.2, 0) is 6.42 Å². The summed E-state index contributed by atoms with van der Waals surface area (Å²) in [5.74, 6) is 0. The van der Waals surface area contributed by atoms with Crippen LogP contribution in [0.3, 0.4) is 0 Å². The van der Waals surface area contributed by atoms with E-state index < -0.39 is 0 Å². The SMILES string of the molecule is Cc1ccc2c(n1)Cc1ccc3c(c1-2)N(c1ccccc1C)[C@@H](C)N3C. The van der Waals surface area contributed by atoms with Crippen LogP contribution in [0.15, 0.2) is 48.5 Å². The highest BCUT2D eigenvalue weighted by Crippen LogP contribution is 2.53. The Morgan fingerprint density at radius 1 is 0.962 bits per heavy atom. The van der Waals surface area contributed by atoms with Crippen molar-refractivity contribution in [2.24, 2.45) is 0 Å². The first kappa shape index (κ1) is 15.4. The van der Waals surface area contributed by atoms with Crippen LogP contribution in [0.25, 0.3) is 11.1 Å². The van der Waals surface area contributed by atoms with Crippen molar-refractivity contribution in [1.82, 2.24) is 4.98 Å². The summed E-state index contributed by atoms with van der Waals surface area (Å²) in [6.45, 7) is 6.55. The first-order chi connectivity index (χ1) is 12.6. The molecule has 1 aliphatic heterocycles. The van der Waals surface area contributed by atoms with Gasteiger partial charge in [0.15, 0.2) is 0 Å². The molecule has 2 heterocycles. The van der Waals surface area contributed by atoms with E-state index in [1.807, 2.05) is 0 Å². The monoisotopic (exact) mass is 341 g/mol. The Kier molecular flexibility index (Phi) is 3.17. The second kappa shape index (κ2) is 5.34. The number of nitrogens with zero attached hydrogens (tertiary/aromatic N) is 3. The van der Waals surface area contributed by atoms with Crippen molar-refractivity contribution in [2.75, 3.05) is 16.8 Å². The maximum Gasteiger partial charge on any atom is 0.103 e. The summed E-state index contributed by atoms with van der Waals surface area (Å²) < 4.78 is 0. The molecule has 2 aromatic carbocycles. The fourth-order valence-corrected chi connectivity index (χ4v) is 4.47. The topological polar surface area (TPSA) is 19.4 Å². The van der Waals surface area contributed by atoms with E-state index in [4.69, 9.17) is 4.98 Å². The Labute approximate surface area is 154 Å². The zero-order valence-corrected chi connectivity index (χ0v) is 15.7. The highest BCUT2D eigenvalue weighted by atomic mass is 15.4. The van der Waals surface area contributed by atoms with Gasteiger partial charge in [-0.25, -0.2) is 0 Å². The number of hydrogen-bond acceptors (Lipinski definition) is 3. The van der Waals surface area contributed by atoms with Crippen molar-refractivity contribution in [3.63, 3.8) is 0 Å². The Bertz CT molecular complexity index is 1040. The summed E-state index contributed by atoms with van der Waals surface area (Å²) in [5, 5.41) is 0. The molecular formula is C23H23N3. The number of aryl methyl sites for hydroxylation is 2. The number of pyridine rings is 1. The largest absolute Gasteiger partial charge is 0.352 e. The average Bonchev–Trinajstić information content (AvgIpc) is 3.11. The number of hydrogen-bond donors (Lipinski definition) is 0. The van der Waals surface area contributed by atoms with E-state index in [1.165, 1.54) is 45.0 Å². The van der Waals surface area contributed by atoms with Gasteiger partial charge in [-0.1, -0.05) is 30.3 Å². The third kappa shape index (κ3) is 1.97. The van der Waals surface area contributed by atoms with Gasteiger partial charge in [0.25, 0.3) is 0 Å². The van der Waals surface area contributed by atoms with Crippen molar-refractivity contribution < 1.29 is 0 Å². The van der Waals surface area contributed by atoms with E-state index >= 15 is 0 Å². The third-order valence-corrected chi connectivity index (χ3v) is 5.91. The number of para-hydroxylation sites is 1. The molecule has 1 atom stereocenters. The van der Waals surface area contributed by atoms with Crippen LogP contribution >= 0.6 is 0 Å². The summed E-state index contributed by atoms with van der Waals surface area (Å²) in [6, 6.07) is 17.6. The molecule has 26 heavy (non-hydrogen) atoms. The fourth-order valence-electron chi connectivity index (χ4n) is 4.47. The lowest BCUT2D eigenvalue weighted by molar-refractivity contribution is 0.733. The standard InChI is InChI=1S/C23H23N3/c1-14-7-5-6-8-20(14)26-16(3)25(4)21-12-10-17-13-19-18(22(17)23(21)26)11-9-15(2)24-19/h5-12,16H,13H2,1-4H3/t16-/m0/s1. The number of fused-ring (bicyclic) bond motifs is 5. The van der Waals surface area contributed by atoms with Crippen molar-refractivity contribution in [2.45, 2.75) is 33.4 Å². The summed E-state index contributed by atoms with van der Waals surface area (Å²) in [4.78, 5) is 9.69. The Morgan fingerprint density at radius 3 is 2.58 bits per heavy atom. The predicted octanol–water partition coefficient (Wildman–Crippen LogP) is 5.20. The molecule has 3 heteroatoms. The maximum absolute atomic E-state index is 4.82. The van der Waals surface area contributed by atoms with Crippen molar-refractivity contribution in [3.05, 3.63) is 71.0 Å². The van der Waals surface area contributed by atoms with Gasteiger partial charge >= 0.3 is 0 Å². The molecule has 3 aromatic rings. The molecule has 0 saturated carbocycles. The van der Waals surface area contributed by atoms with E-state index in [0.717, 1.165) is 12.1 Å². The summed E-state index contributed by atoms with van der Waals surface area (Å²) >= 11 is 0. The van der Waals surface area contributed by atoms with E-state index in [9.17, 15) is 0 Å². The highest BCUT2D eigenvalue weighted by Gasteiger charge is 2.37. The van der Waals surface area contributed by atoms with Gasteiger partial charge in [0, 0.05) is 36.0 Å². The summed E-state index contributed by atoms with van der Waals surface area (Å²) in [7, 11) is 2.19. The quantitative estimate of drug-likeness (QED) is 0.474. The molecule has 0 spiro atoms. The van der Waals surface area contributed by atoms with Crippen LogP contribution in [0.1, 0.15) is 29.4 Å². The molecule has 1 aliphatic carbocycles. The molecule has 0 bridgehead atoms. The van der Waals surface area contributed by atoms with Gasteiger partial charge in [-0.3, -0.25) is 4.98 Å². The number of benzene rings is 2. The lowest BCUT2D eigenvalue weighted by Crippen LogP contribution is -2.36. The molecule has 1 aromatic heterocycles. The Balaban J connectivity index is 1.80. The lowest BCUT2D eigenvalue weighted by Gasteiger charge is -2.29. The van der Waals surface area contributed by atoms with Crippen LogP contribution in [-0.4, -0.2) is 18.2 Å². The minimum Gasteiger partial charge on any atom is -0.352 e. The zero-order valence-electron chi connectivity index (χ0n) is 15.7. The minimum atomic E-state index is 0.278. The summed E-state index contributed by atoms with van der Waals surface area (Å²) in [6.07, 6.45) is 1.21. The predicted molar refractivity (Wildman–Crippen MR) is 108 cm³/mol. The van der Waals surface area contributed by atoms with Gasteiger partial charge in [-0.2, -0.15) is 0 Å². The van der Waals surface area contributed by atoms with E-state index in [2.05, 4.69) is 86.1 Å². The molecule has 130 valence electrons. The Morgan fingerprint density at radius 2 is 1.77 bits per heavy atom. The normalized spacial score (nSPS) is 17.3. The molecule has 0 fully saturated rings. The molecule has 3 nitrogen and oxygen atoms in total. The van der Waals surface area contributed by atoms with Crippen molar-refractivity contribution in [3.8, 4) is 11.1 Å². The van der Waals surface area contributed by atoms with Gasteiger partial charge in [0.05, 0.1) is 17.1 Å². The zero-order chi connectivity index (χ0) is 18.0. The first-order valence-electron chi connectivity index (χ1n) is 9.26. The number of aromatic nitrogens is 1. The van der Waals surface area contributed by atoms with Crippen LogP contribution < -0.4 is 9.80 Å². The molecule has 0 amide bonds. The molecular weight excluding hydrogens is 318 g/mol. The van der Waals surface area contributed by atoms with Crippen molar-refractivity contribution in [1.29, 1.82) is 0 Å². The van der Waals surface area contributed by atoms with Crippen LogP contribution in [0, 0.1) is 13.8 Å². The fraction of sp³-hybridized carbons (Fsp3) is 0.261. The minimum absolute atomic E-state index is 0.278. The number of anilines is 3. The average molecular weight is 341 g/mol. The number of rotatable bonds is 1. The third-order valence-electron chi connectivity index (χ3n) is 5.91. The van der Waals surface area contributed by atoms with E-state index in [1.54, 1.807) is 0 Å². The summed E-state index contributed by atoms with van der Waals surface area (Å²) in [5.41, 5.74) is 11.6. The van der Waals surface area contributed by atoms with E-state index in [-0.39, 0.29) is 6.17 Å². The molecule has 0 unspecified atom stereocenters. The second-order valence-corrected chi connectivity index (χ2v) is 7.49. The van der Waals surface area contributed by atoms with Crippen molar-refractivity contribution >= 4 is 17.1 Å². The Hall–Kier alpha value is -2.81. The van der Waals surface area contributed by atoms with Crippen LogP contribution in [0.4, 0.5) is 17.1 Å². The van der Waals surface area contributed by atoms with Crippen LogP contribution in [0.5, 0.6) is 0 Å². The molecule has 2 aliphatic rings. The van der Waals surface area contributed by atoms with Crippen LogP contribution in [0.2, 0.25) is 0 Å². The van der Waals surface area contributed by atoms with Gasteiger partial charge in [0.2, 0.25) is 0 Å². The molecule has 0 N–H and O–H groups in total. The first-order valence-corrected chi connectivity index (χ1v) is 9.26. The van der Waals surface area contributed by atoms with Gasteiger partial charge in [-0.15, -0.1) is 0 Å². The lowest BCUT2D eigenvalue weighted by atomic mass is 10.0. The second-order valence-electron chi connectivity index (χ2n) is 7.49. The molecule has 0 saturated heterocycles. The van der Waals surface area contributed by atoms with Gasteiger partial charge in [-0.05, 0) is 50.1 Å². The van der Waals surface area contributed by atoms with Gasteiger partial charge in [0.1, 0.15) is 6.17 Å². The van der Waals surface area contributed by atoms with Gasteiger partial charge < -0.3 is 9.80 Å². The van der Waals surface area contributed by atoms with E-state index in [0.29, 0.717) is 0 Å². The maximum atomic E-state index is 4.82. The molecule has 0 radical (unpaired) electrons. The smallest absolute Gasteiger partial charge is 0.103 e. The molecule has 5 rings (SSSR count). The highest BCUT2D eigenvalue weighted by molar-refractivity contribution is 5.99.